The van der Waals surface area contributed by atoms with Gasteiger partial charge in [0.1, 0.15) is 0 Å². The average molecular weight is 380 g/mol. The number of likely N-dealkylation sites (tertiary alicyclic amines) is 1. The van der Waals surface area contributed by atoms with Crippen molar-refractivity contribution in [2.75, 3.05) is 43.3 Å². The first-order chi connectivity index (χ1) is 12.4. The van der Waals surface area contributed by atoms with Crippen LogP contribution < -0.4 is 9.62 Å². The Hall–Kier alpha value is -1.60. The number of nitrogens with one attached hydrogen (secondary N) is 1. The lowest BCUT2D eigenvalue weighted by molar-refractivity contribution is 0.0686. The van der Waals surface area contributed by atoms with E-state index in [1.54, 1.807) is 12.1 Å². The molecule has 2 saturated heterocycles. The van der Waals surface area contributed by atoms with Gasteiger partial charge in [-0.3, -0.25) is 9.10 Å². The lowest BCUT2D eigenvalue weighted by atomic mass is 9.93. The van der Waals surface area contributed by atoms with E-state index in [2.05, 4.69) is 5.32 Å². The zero-order valence-corrected chi connectivity index (χ0v) is 16.5. The maximum atomic E-state index is 12.9. The average Bonchev–Trinajstić information content (AvgIpc) is 2.99. The number of piperidine rings is 1. The van der Waals surface area contributed by atoms with Crippen molar-refractivity contribution in [3.05, 3.63) is 29.3 Å². The van der Waals surface area contributed by atoms with Gasteiger partial charge in [0.2, 0.25) is 10.0 Å². The van der Waals surface area contributed by atoms with Crippen molar-refractivity contribution in [3.63, 3.8) is 0 Å². The highest BCUT2D eigenvalue weighted by atomic mass is 32.2. The number of hydrogen-bond donors (Lipinski definition) is 1. The predicted molar refractivity (Wildman–Crippen MR) is 104 cm³/mol. The van der Waals surface area contributed by atoms with Gasteiger partial charge >= 0.3 is 0 Å². The topological polar surface area (TPSA) is 69.7 Å². The maximum Gasteiger partial charge on any atom is 0.254 e. The highest BCUT2D eigenvalue weighted by Gasteiger charge is 2.29. The molecule has 0 saturated carbocycles. The minimum absolute atomic E-state index is 0.0606. The van der Waals surface area contributed by atoms with E-state index in [0.717, 1.165) is 44.5 Å². The standard InChI is InChI=1S/C19H29N3O3S/c1-15-14-17(22-10-3-13-26(22,24)25)4-5-18(15)19(23)21-11-7-16(8-12-21)6-9-20-2/h4-5,14,16,20H,3,6-13H2,1-2H3. The second kappa shape index (κ2) is 7.96. The first-order valence-corrected chi connectivity index (χ1v) is 11.1. The summed E-state index contributed by atoms with van der Waals surface area (Å²) in [4.78, 5) is 14.8. The summed E-state index contributed by atoms with van der Waals surface area (Å²) in [6.45, 7) is 5.04. The molecule has 7 heteroatoms. The van der Waals surface area contributed by atoms with Crippen molar-refractivity contribution >= 4 is 21.6 Å². The Bertz CT molecular complexity index is 755. The summed E-state index contributed by atoms with van der Waals surface area (Å²) < 4.78 is 25.6. The predicted octanol–water partition coefficient (Wildman–Crippen LogP) is 2.00. The van der Waals surface area contributed by atoms with E-state index in [9.17, 15) is 13.2 Å². The molecule has 0 aliphatic carbocycles. The number of amides is 1. The van der Waals surface area contributed by atoms with Crippen LogP contribution in [0.15, 0.2) is 18.2 Å². The zero-order valence-electron chi connectivity index (χ0n) is 15.7. The summed E-state index contributed by atoms with van der Waals surface area (Å²) in [5.41, 5.74) is 2.19. The van der Waals surface area contributed by atoms with Crippen LogP contribution in [0.2, 0.25) is 0 Å². The van der Waals surface area contributed by atoms with Gasteiger partial charge in [-0.05, 0) is 75.9 Å². The maximum absolute atomic E-state index is 12.9. The van der Waals surface area contributed by atoms with Gasteiger partial charge in [-0.25, -0.2) is 8.42 Å². The van der Waals surface area contributed by atoms with Crippen LogP contribution in [0, 0.1) is 12.8 Å². The molecule has 3 rings (SSSR count). The number of nitrogens with zero attached hydrogens (tertiary/aromatic N) is 2. The number of carbonyl (C=O) groups is 1. The van der Waals surface area contributed by atoms with Crippen molar-refractivity contribution in [1.29, 1.82) is 0 Å². The summed E-state index contributed by atoms with van der Waals surface area (Å²) in [6, 6.07) is 5.38. The van der Waals surface area contributed by atoms with Gasteiger partial charge in [-0.15, -0.1) is 0 Å². The van der Waals surface area contributed by atoms with Gasteiger partial charge in [0.15, 0.2) is 0 Å². The molecule has 1 N–H and O–H groups in total. The molecule has 0 bridgehead atoms. The number of carbonyl (C=O) groups excluding carboxylic acids is 1. The molecule has 2 aliphatic rings. The highest BCUT2D eigenvalue weighted by Crippen LogP contribution is 2.28. The Morgan fingerprint density at radius 1 is 1.23 bits per heavy atom. The molecule has 1 aromatic rings. The molecule has 1 amide bonds. The fraction of sp³-hybridized carbons (Fsp3) is 0.632. The first kappa shape index (κ1) is 19.2. The van der Waals surface area contributed by atoms with Crippen molar-refractivity contribution in [1.82, 2.24) is 10.2 Å². The van der Waals surface area contributed by atoms with Gasteiger partial charge < -0.3 is 10.2 Å². The molecule has 0 spiro atoms. The summed E-state index contributed by atoms with van der Waals surface area (Å²) in [5.74, 6) is 0.954. The van der Waals surface area contributed by atoms with Crippen molar-refractivity contribution in [2.45, 2.75) is 32.6 Å². The molecule has 144 valence electrons. The van der Waals surface area contributed by atoms with E-state index < -0.39 is 10.0 Å². The Labute approximate surface area is 156 Å². The Morgan fingerprint density at radius 2 is 1.96 bits per heavy atom. The lowest BCUT2D eigenvalue weighted by Gasteiger charge is -2.32. The normalized spacial score (nSPS) is 20.5. The number of sulfonamides is 1. The van der Waals surface area contributed by atoms with E-state index in [1.165, 1.54) is 4.31 Å². The summed E-state index contributed by atoms with van der Waals surface area (Å²) in [7, 11) is -1.22. The Kier molecular flexibility index (Phi) is 5.87. The van der Waals surface area contributed by atoms with Gasteiger partial charge in [-0.2, -0.15) is 0 Å². The monoisotopic (exact) mass is 379 g/mol. The third-order valence-corrected chi connectivity index (χ3v) is 7.40. The third kappa shape index (κ3) is 4.04. The van der Waals surface area contributed by atoms with Crippen LogP contribution in [0.1, 0.15) is 41.6 Å². The van der Waals surface area contributed by atoms with Crippen LogP contribution in [0.4, 0.5) is 5.69 Å². The van der Waals surface area contributed by atoms with Gasteiger partial charge in [0.25, 0.3) is 5.91 Å². The highest BCUT2D eigenvalue weighted by molar-refractivity contribution is 7.93. The molecule has 0 radical (unpaired) electrons. The van der Waals surface area contributed by atoms with Crippen molar-refractivity contribution < 1.29 is 13.2 Å². The van der Waals surface area contributed by atoms with E-state index in [1.807, 2.05) is 24.9 Å². The molecule has 0 atom stereocenters. The van der Waals surface area contributed by atoms with Crippen LogP contribution >= 0.6 is 0 Å². The first-order valence-electron chi connectivity index (χ1n) is 9.47. The molecule has 0 aromatic heterocycles. The van der Waals surface area contributed by atoms with E-state index in [4.69, 9.17) is 0 Å². The van der Waals surface area contributed by atoms with Crippen LogP contribution in [0.3, 0.4) is 0 Å². The van der Waals surface area contributed by atoms with Gasteiger partial charge in [-0.1, -0.05) is 0 Å². The Morgan fingerprint density at radius 3 is 2.54 bits per heavy atom. The van der Waals surface area contributed by atoms with Crippen LogP contribution in [0.5, 0.6) is 0 Å². The van der Waals surface area contributed by atoms with Crippen LogP contribution in [0.25, 0.3) is 0 Å². The fourth-order valence-electron chi connectivity index (χ4n) is 3.92. The molecule has 6 nitrogen and oxygen atoms in total. The molecule has 1 aromatic carbocycles. The third-order valence-electron chi connectivity index (χ3n) is 5.53. The molecule has 2 aliphatic heterocycles. The second-order valence-electron chi connectivity index (χ2n) is 7.37. The van der Waals surface area contributed by atoms with Gasteiger partial charge in [0, 0.05) is 25.2 Å². The Balaban J connectivity index is 1.67. The molecule has 0 unspecified atom stereocenters. The number of hydrogen-bond acceptors (Lipinski definition) is 4. The quantitative estimate of drug-likeness (QED) is 0.850. The summed E-state index contributed by atoms with van der Waals surface area (Å²) in [5, 5.41) is 3.19. The molecule has 2 fully saturated rings. The van der Waals surface area contributed by atoms with Crippen LogP contribution in [-0.2, 0) is 10.0 Å². The molecular formula is C19H29N3O3S. The van der Waals surface area contributed by atoms with Gasteiger partial charge in [0.05, 0.1) is 11.4 Å². The fourth-order valence-corrected chi connectivity index (χ4v) is 5.47. The van der Waals surface area contributed by atoms with Crippen LogP contribution in [-0.4, -0.2) is 58.2 Å². The number of rotatable bonds is 5. The molecule has 2 heterocycles. The number of anilines is 1. The SMILES string of the molecule is CNCCC1CCN(C(=O)c2ccc(N3CCCS3(=O)=O)cc2C)CC1. The zero-order chi connectivity index (χ0) is 18.7. The number of benzene rings is 1. The molecular weight excluding hydrogens is 350 g/mol. The van der Waals surface area contributed by atoms with E-state index >= 15 is 0 Å². The lowest BCUT2D eigenvalue weighted by Crippen LogP contribution is -2.39. The van der Waals surface area contributed by atoms with Crippen molar-refractivity contribution in [2.24, 2.45) is 5.92 Å². The van der Waals surface area contributed by atoms with Crippen molar-refractivity contribution in [3.8, 4) is 0 Å². The second-order valence-corrected chi connectivity index (χ2v) is 9.38. The summed E-state index contributed by atoms with van der Waals surface area (Å²) in [6.07, 6.45) is 3.92. The van der Waals surface area contributed by atoms with E-state index in [-0.39, 0.29) is 11.7 Å². The minimum atomic E-state index is -3.19. The summed E-state index contributed by atoms with van der Waals surface area (Å²) >= 11 is 0. The largest absolute Gasteiger partial charge is 0.339 e. The smallest absolute Gasteiger partial charge is 0.254 e. The van der Waals surface area contributed by atoms with E-state index in [0.29, 0.717) is 30.1 Å². The number of aryl methyl sites for hydroxylation is 1. The molecule has 26 heavy (non-hydrogen) atoms. The minimum Gasteiger partial charge on any atom is -0.339 e.